The molecule has 9 heteroatoms. The van der Waals surface area contributed by atoms with Crippen molar-refractivity contribution < 1.29 is 17.6 Å². The lowest BCUT2D eigenvalue weighted by atomic mass is 9.92. The fourth-order valence-corrected chi connectivity index (χ4v) is 9.28. The number of rotatable bonds is 15. The van der Waals surface area contributed by atoms with Crippen molar-refractivity contribution in [3.8, 4) is 41.8 Å². The van der Waals surface area contributed by atoms with Gasteiger partial charge in [-0.05, 0) is 97.2 Å². The van der Waals surface area contributed by atoms with Crippen molar-refractivity contribution >= 4 is 45.4 Å². The van der Waals surface area contributed by atoms with Gasteiger partial charge in [-0.2, -0.15) is 8.75 Å². The summed E-state index contributed by atoms with van der Waals surface area (Å²) in [6.07, 6.45) is 8.71. The van der Waals surface area contributed by atoms with Crippen molar-refractivity contribution in [2.75, 3.05) is 0 Å². The molecular formula is C41H42F4N2S3. The van der Waals surface area contributed by atoms with Crippen molar-refractivity contribution in [2.45, 2.75) is 85.5 Å². The van der Waals surface area contributed by atoms with Crippen LogP contribution in [0.15, 0.2) is 60.7 Å². The first-order valence-electron chi connectivity index (χ1n) is 17.6. The number of hydrogen-bond donors (Lipinski definition) is 0. The minimum absolute atomic E-state index is 0.0126. The monoisotopic (exact) mass is 734 g/mol. The third kappa shape index (κ3) is 7.90. The third-order valence-electron chi connectivity index (χ3n) is 9.86. The highest BCUT2D eigenvalue weighted by Crippen LogP contribution is 2.44. The van der Waals surface area contributed by atoms with E-state index < -0.39 is 23.3 Å². The minimum atomic E-state index is -0.558. The lowest BCUT2D eigenvalue weighted by Gasteiger charge is -2.14. The number of aromatic nitrogens is 2. The van der Waals surface area contributed by atoms with Gasteiger partial charge in [0.1, 0.15) is 34.3 Å². The van der Waals surface area contributed by atoms with Crippen LogP contribution < -0.4 is 0 Å². The maximum atomic E-state index is 15.4. The first kappa shape index (κ1) is 36.4. The maximum absolute atomic E-state index is 15.4. The average molecular weight is 735 g/mol. The Morgan fingerprint density at radius 3 is 1.48 bits per heavy atom. The summed E-state index contributed by atoms with van der Waals surface area (Å²) in [6, 6.07) is 17.0. The Hall–Kier alpha value is -3.40. The summed E-state index contributed by atoms with van der Waals surface area (Å²) >= 11 is 3.70. The van der Waals surface area contributed by atoms with Crippen LogP contribution in [-0.4, -0.2) is 8.75 Å². The molecular weight excluding hydrogens is 693 g/mol. The highest BCUT2D eigenvalue weighted by Gasteiger charge is 2.21. The molecule has 0 aliphatic carbocycles. The summed E-state index contributed by atoms with van der Waals surface area (Å²) in [4.78, 5) is 2.65. The Labute approximate surface area is 304 Å². The van der Waals surface area contributed by atoms with Crippen LogP contribution in [0.1, 0.15) is 83.8 Å². The van der Waals surface area contributed by atoms with E-state index in [1.807, 2.05) is 24.3 Å². The number of thiophene rings is 2. The summed E-state index contributed by atoms with van der Waals surface area (Å²) in [6.45, 7) is 8.63. The smallest absolute Gasteiger partial charge is 0.135 e. The highest BCUT2D eigenvalue weighted by molar-refractivity contribution is 7.19. The molecule has 6 rings (SSSR count). The predicted octanol–water partition coefficient (Wildman–Crippen LogP) is 14.2. The summed E-state index contributed by atoms with van der Waals surface area (Å²) in [5.74, 6) is -1.15. The molecule has 0 amide bonds. The van der Waals surface area contributed by atoms with E-state index in [0.717, 1.165) is 71.1 Å². The summed E-state index contributed by atoms with van der Waals surface area (Å²) in [7, 11) is 0. The summed E-state index contributed by atoms with van der Waals surface area (Å²) in [5, 5.41) is 0. The van der Waals surface area contributed by atoms with Gasteiger partial charge < -0.3 is 0 Å². The van der Waals surface area contributed by atoms with E-state index in [-0.39, 0.29) is 11.1 Å². The van der Waals surface area contributed by atoms with Crippen LogP contribution in [0, 0.1) is 35.1 Å². The first-order valence-corrected chi connectivity index (χ1v) is 20.0. The van der Waals surface area contributed by atoms with Crippen molar-refractivity contribution in [1.82, 2.24) is 8.75 Å². The number of aryl methyl sites for hydroxylation is 2. The molecule has 262 valence electrons. The number of unbranched alkanes of at least 4 members (excludes halogenated alkanes) is 1. The molecule has 2 nitrogen and oxygen atoms in total. The lowest BCUT2D eigenvalue weighted by molar-refractivity contribution is 0.421. The van der Waals surface area contributed by atoms with E-state index >= 15 is 17.6 Å². The van der Waals surface area contributed by atoms with Gasteiger partial charge in [0.25, 0.3) is 0 Å². The molecule has 6 aromatic rings. The molecule has 0 spiro atoms. The van der Waals surface area contributed by atoms with Crippen LogP contribution in [0.2, 0.25) is 0 Å². The van der Waals surface area contributed by atoms with Crippen LogP contribution in [0.4, 0.5) is 17.6 Å². The molecule has 0 saturated carbocycles. The van der Waals surface area contributed by atoms with Crippen LogP contribution in [0.25, 0.3) is 52.8 Å². The van der Waals surface area contributed by atoms with Gasteiger partial charge in [-0.25, -0.2) is 17.6 Å². The van der Waals surface area contributed by atoms with E-state index in [0.29, 0.717) is 56.6 Å². The van der Waals surface area contributed by atoms with E-state index in [4.69, 9.17) is 0 Å². The van der Waals surface area contributed by atoms with Gasteiger partial charge in [-0.1, -0.05) is 71.9 Å². The molecule has 3 heterocycles. The van der Waals surface area contributed by atoms with E-state index in [1.165, 1.54) is 53.4 Å². The van der Waals surface area contributed by atoms with Gasteiger partial charge in [0.2, 0.25) is 0 Å². The molecule has 0 bridgehead atoms. The Kier molecular flexibility index (Phi) is 11.9. The van der Waals surface area contributed by atoms with Crippen molar-refractivity contribution in [2.24, 2.45) is 11.8 Å². The van der Waals surface area contributed by atoms with Crippen LogP contribution in [0.5, 0.6) is 0 Å². The van der Waals surface area contributed by atoms with Crippen molar-refractivity contribution in [1.29, 1.82) is 0 Å². The zero-order chi connectivity index (χ0) is 35.4. The minimum Gasteiger partial charge on any atom is -0.206 e. The van der Waals surface area contributed by atoms with Gasteiger partial charge >= 0.3 is 0 Å². The standard InChI is InChI=1S/C41H42F4N2S3/c1-5-8-9-25(7-3)12-13-27-22-32(44)39(33(45)23-27)37-19-17-35(49-37)29-15-14-28(40-41(29)47-50-46-40)34-16-18-36(48-34)38-30(42)20-26(21-31(38)43)11-10-24(4)6-2/h14-25H,5-13H2,1-4H3. The second-order valence-electron chi connectivity index (χ2n) is 13.3. The topological polar surface area (TPSA) is 25.8 Å². The zero-order valence-corrected chi connectivity index (χ0v) is 31.4. The van der Waals surface area contributed by atoms with Gasteiger partial charge in [-0.3, -0.25) is 0 Å². The fourth-order valence-electron chi connectivity index (χ4n) is 6.54. The number of hydrogen-bond acceptors (Lipinski definition) is 5. The Morgan fingerprint density at radius 1 is 0.580 bits per heavy atom. The quantitative estimate of drug-likeness (QED) is 0.0982. The molecule has 0 aliphatic rings. The Balaban J connectivity index is 1.23. The number of benzene rings is 3. The molecule has 3 aromatic carbocycles. The third-order valence-corrected chi connectivity index (χ3v) is 12.7. The molecule has 0 radical (unpaired) electrons. The van der Waals surface area contributed by atoms with Gasteiger partial charge in [0.05, 0.1) is 22.9 Å². The lowest BCUT2D eigenvalue weighted by Crippen LogP contribution is -2.02. The van der Waals surface area contributed by atoms with E-state index in [9.17, 15) is 0 Å². The number of nitrogens with zero attached hydrogens (tertiary/aromatic N) is 2. The van der Waals surface area contributed by atoms with Crippen LogP contribution >= 0.6 is 34.4 Å². The van der Waals surface area contributed by atoms with Gasteiger partial charge in [0, 0.05) is 30.6 Å². The van der Waals surface area contributed by atoms with E-state index in [1.54, 1.807) is 12.1 Å². The molecule has 2 unspecified atom stereocenters. The highest BCUT2D eigenvalue weighted by atomic mass is 32.1. The molecule has 50 heavy (non-hydrogen) atoms. The summed E-state index contributed by atoms with van der Waals surface area (Å²) in [5.41, 5.74) is 4.29. The number of halogens is 4. The van der Waals surface area contributed by atoms with Crippen LogP contribution in [-0.2, 0) is 12.8 Å². The average Bonchev–Trinajstić information content (AvgIpc) is 3.89. The van der Waals surface area contributed by atoms with E-state index in [2.05, 4.69) is 36.4 Å². The Morgan fingerprint density at radius 2 is 1.04 bits per heavy atom. The zero-order valence-electron chi connectivity index (χ0n) is 28.9. The van der Waals surface area contributed by atoms with Crippen LogP contribution in [0.3, 0.4) is 0 Å². The largest absolute Gasteiger partial charge is 0.206 e. The van der Waals surface area contributed by atoms with Crippen molar-refractivity contribution in [3.05, 3.63) is 95.1 Å². The van der Waals surface area contributed by atoms with Crippen molar-refractivity contribution in [3.63, 3.8) is 0 Å². The molecule has 0 saturated heterocycles. The van der Waals surface area contributed by atoms with Gasteiger partial charge in [0.15, 0.2) is 0 Å². The second-order valence-corrected chi connectivity index (χ2v) is 16.0. The fraction of sp³-hybridized carbons (Fsp3) is 0.366. The molecule has 0 aliphatic heterocycles. The molecule has 2 atom stereocenters. The second kappa shape index (κ2) is 16.3. The maximum Gasteiger partial charge on any atom is 0.135 e. The summed E-state index contributed by atoms with van der Waals surface area (Å²) < 4.78 is 70.6. The normalized spacial score (nSPS) is 13.0. The SMILES string of the molecule is CCCCC(CC)CCc1cc(F)c(-c2ccc(-c3ccc(-c4ccc(-c5c(F)cc(CCC(C)CC)cc5F)s4)c4nsnc34)s2)c(F)c1. The van der Waals surface area contributed by atoms with Gasteiger partial charge in [-0.15, -0.1) is 22.7 Å². The molecule has 0 N–H and O–H groups in total. The first-order chi connectivity index (χ1) is 24.2. The molecule has 3 aromatic heterocycles. The Bertz CT molecular complexity index is 2030. The predicted molar refractivity (Wildman–Crippen MR) is 204 cm³/mol. The molecule has 0 fully saturated rings. The number of fused-ring (bicyclic) bond motifs is 1.